The van der Waals surface area contributed by atoms with Gasteiger partial charge in [-0.1, -0.05) is 43.0 Å². The maximum absolute atomic E-state index is 12.4. The van der Waals surface area contributed by atoms with Gasteiger partial charge in [-0.05, 0) is 38.0 Å². The Bertz CT molecular complexity index is 1000. The number of aromatic nitrogens is 2. The van der Waals surface area contributed by atoms with E-state index >= 15 is 0 Å². The minimum absolute atomic E-state index is 0.125. The van der Waals surface area contributed by atoms with Gasteiger partial charge in [-0.15, -0.1) is 0 Å². The quantitative estimate of drug-likeness (QED) is 0.598. The van der Waals surface area contributed by atoms with Gasteiger partial charge in [0.05, 0.1) is 0 Å². The van der Waals surface area contributed by atoms with Crippen LogP contribution in [-0.2, 0) is 0 Å². The molecule has 1 fully saturated rings. The van der Waals surface area contributed by atoms with Crippen LogP contribution in [0.5, 0.6) is 0 Å². The minimum atomic E-state index is -0.125. The molecule has 0 unspecified atom stereocenters. The van der Waals surface area contributed by atoms with E-state index in [9.17, 15) is 4.79 Å². The summed E-state index contributed by atoms with van der Waals surface area (Å²) < 4.78 is 2.06. The Morgan fingerprint density at radius 1 is 1.21 bits per heavy atom. The average molecular weight is 392 g/mol. The fourth-order valence-corrected chi connectivity index (χ4v) is 4.05. The van der Waals surface area contributed by atoms with Gasteiger partial charge in [0, 0.05) is 36.5 Å². The smallest absolute Gasteiger partial charge is 0.251 e. The lowest BCUT2D eigenvalue weighted by Gasteiger charge is -2.24. The van der Waals surface area contributed by atoms with Crippen LogP contribution in [-0.4, -0.2) is 34.4 Å². The molecule has 152 valence electrons. The molecule has 1 saturated carbocycles. The number of anilines is 1. The summed E-state index contributed by atoms with van der Waals surface area (Å²) in [6.45, 7) is 2.97. The van der Waals surface area contributed by atoms with E-state index < -0.39 is 0 Å². The largest absolute Gasteiger partial charge is 0.367 e. The molecule has 2 aromatic heterocycles. The van der Waals surface area contributed by atoms with Crippen LogP contribution in [0.15, 0.2) is 42.6 Å². The molecule has 0 aliphatic heterocycles. The lowest BCUT2D eigenvalue weighted by atomic mass is 9.95. The molecule has 4 N–H and O–H groups in total. The molecule has 1 aromatic carbocycles. The van der Waals surface area contributed by atoms with E-state index in [0.717, 1.165) is 22.7 Å². The second-order valence-electron chi connectivity index (χ2n) is 7.85. The van der Waals surface area contributed by atoms with Crippen LogP contribution in [0, 0.1) is 6.92 Å². The molecule has 6 nitrogen and oxygen atoms in total. The summed E-state index contributed by atoms with van der Waals surface area (Å²) in [7, 11) is 0. The van der Waals surface area contributed by atoms with E-state index in [2.05, 4.69) is 46.2 Å². The third-order valence-corrected chi connectivity index (χ3v) is 5.56. The topological polar surface area (TPSA) is 84.5 Å². The fraction of sp³-hybridized carbons (Fsp3) is 0.391. The number of rotatable bonds is 6. The van der Waals surface area contributed by atoms with Crippen molar-refractivity contribution in [1.29, 1.82) is 0 Å². The number of carbonyl (C=O) groups excluding carboxylic acids is 1. The summed E-state index contributed by atoms with van der Waals surface area (Å²) in [6.07, 6.45) is 8.14. The standard InChI is InChI=1S/C23H29N5O/c1-16-6-5-7-17(14-16)21-22(26-19-8-3-2-4-9-19)28-13-10-18(15-20(28)27-21)23(29)25-12-11-24/h5-7,10,13-15,19,26H,2-4,8-9,11-12,24H2,1H3,(H,25,29). The number of benzene rings is 1. The number of fused-ring (bicyclic) bond motifs is 1. The van der Waals surface area contributed by atoms with Gasteiger partial charge in [-0.2, -0.15) is 0 Å². The molecule has 4 rings (SSSR count). The normalized spacial score (nSPS) is 14.8. The Kier molecular flexibility index (Phi) is 5.81. The molecule has 6 heteroatoms. The Morgan fingerprint density at radius 2 is 2.03 bits per heavy atom. The number of amides is 1. The Morgan fingerprint density at radius 3 is 2.79 bits per heavy atom. The highest BCUT2D eigenvalue weighted by molar-refractivity contribution is 5.95. The number of nitrogens with two attached hydrogens (primary N) is 1. The first-order chi connectivity index (χ1) is 14.2. The zero-order valence-corrected chi connectivity index (χ0v) is 16.9. The summed E-state index contributed by atoms with van der Waals surface area (Å²) in [4.78, 5) is 17.3. The van der Waals surface area contributed by atoms with Crippen molar-refractivity contribution in [3.63, 3.8) is 0 Å². The van der Waals surface area contributed by atoms with E-state index in [0.29, 0.717) is 24.7 Å². The molecule has 1 amide bonds. The summed E-state index contributed by atoms with van der Waals surface area (Å²) >= 11 is 0. The Balaban J connectivity index is 1.76. The predicted molar refractivity (Wildman–Crippen MR) is 117 cm³/mol. The van der Waals surface area contributed by atoms with E-state index in [1.807, 2.05) is 18.3 Å². The van der Waals surface area contributed by atoms with Gasteiger partial charge in [0.1, 0.15) is 17.2 Å². The number of nitrogens with one attached hydrogen (secondary N) is 2. The van der Waals surface area contributed by atoms with E-state index in [1.165, 1.54) is 37.7 Å². The highest BCUT2D eigenvalue weighted by Gasteiger charge is 2.20. The molecule has 3 aromatic rings. The molecule has 2 heterocycles. The number of hydrogen-bond acceptors (Lipinski definition) is 4. The first-order valence-corrected chi connectivity index (χ1v) is 10.5. The molecule has 0 bridgehead atoms. The van der Waals surface area contributed by atoms with Crippen molar-refractivity contribution in [3.05, 3.63) is 53.7 Å². The second kappa shape index (κ2) is 8.66. The number of imidazole rings is 1. The van der Waals surface area contributed by atoms with Crippen LogP contribution in [0.25, 0.3) is 16.9 Å². The summed E-state index contributed by atoms with van der Waals surface area (Å²) in [5.74, 6) is 0.881. The van der Waals surface area contributed by atoms with Crippen molar-refractivity contribution < 1.29 is 4.79 Å². The van der Waals surface area contributed by atoms with Crippen LogP contribution >= 0.6 is 0 Å². The van der Waals surface area contributed by atoms with Crippen LogP contribution in [0.1, 0.15) is 48.0 Å². The average Bonchev–Trinajstić information content (AvgIpc) is 3.10. The third-order valence-electron chi connectivity index (χ3n) is 5.56. The van der Waals surface area contributed by atoms with Gasteiger partial charge in [-0.3, -0.25) is 9.20 Å². The second-order valence-corrected chi connectivity index (χ2v) is 7.85. The fourth-order valence-electron chi connectivity index (χ4n) is 4.05. The van der Waals surface area contributed by atoms with Gasteiger partial charge in [0.25, 0.3) is 5.91 Å². The summed E-state index contributed by atoms with van der Waals surface area (Å²) in [5, 5.41) is 6.58. The summed E-state index contributed by atoms with van der Waals surface area (Å²) in [5.41, 5.74) is 10.1. The van der Waals surface area contributed by atoms with Crippen LogP contribution in [0.3, 0.4) is 0 Å². The van der Waals surface area contributed by atoms with Crippen LogP contribution in [0.4, 0.5) is 5.82 Å². The number of pyridine rings is 1. The monoisotopic (exact) mass is 391 g/mol. The van der Waals surface area contributed by atoms with Gasteiger partial charge >= 0.3 is 0 Å². The SMILES string of the molecule is Cc1cccc(-c2nc3cc(C(=O)NCCN)ccn3c2NC2CCCCC2)c1. The first-order valence-electron chi connectivity index (χ1n) is 10.5. The highest BCUT2D eigenvalue weighted by Crippen LogP contribution is 2.32. The van der Waals surface area contributed by atoms with Crippen molar-refractivity contribution in [2.45, 2.75) is 45.1 Å². The van der Waals surface area contributed by atoms with Crippen molar-refractivity contribution in [2.75, 3.05) is 18.4 Å². The highest BCUT2D eigenvalue weighted by atomic mass is 16.1. The van der Waals surface area contributed by atoms with Gasteiger partial charge in [0.15, 0.2) is 0 Å². The molecule has 0 spiro atoms. The minimum Gasteiger partial charge on any atom is -0.367 e. The lowest BCUT2D eigenvalue weighted by Crippen LogP contribution is -2.29. The van der Waals surface area contributed by atoms with E-state index in [1.54, 1.807) is 0 Å². The molecule has 0 radical (unpaired) electrons. The van der Waals surface area contributed by atoms with E-state index in [-0.39, 0.29) is 5.91 Å². The van der Waals surface area contributed by atoms with Crippen molar-refractivity contribution in [3.8, 4) is 11.3 Å². The molecule has 29 heavy (non-hydrogen) atoms. The third kappa shape index (κ3) is 4.27. The van der Waals surface area contributed by atoms with Gasteiger partial charge in [0.2, 0.25) is 0 Å². The predicted octanol–water partition coefficient (Wildman–Crippen LogP) is 3.74. The molecular formula is C23H29N5O. The van der Waals surface area contributed by atoms with Crippen molar-refractivity contribution in [1.82, 2.24) is 14.7 Å². The molecule has 0 atom stereocenters. The van der Waals surface area contributed by atoms with Crippen molar-refractivity contribution in [2.24, 2.45) is 5.73 Å². The van der Waals surface area contributed by atoms with Crippen LogP contribution < -0.4 is 16.4 Å². The summed E-state index contributed by atoms with van der Waals surface area (Å²) in [6, 6.07) is 12.5. The van der Waals surface area contributed by atoms with Gasteiger partial charge in [-0.25, -0.2) is 4.98 Å². The Labute approximate surface area is 171 Å². The zero-order valence-electron chi connectivity index (χ0n) is 16.9. The Hall–Kier alpha value is -2.86. The zero-order chi connectivity index (χ0) is 20.2. The van der Waals surface area contributed by atoms with Crippen LogP contribution in [0.2, 0.25) is 0 Å². The molecule has 1 aliphatic carbocycles. The number of nitrogens with zero attached hydrogens (tertiary/aromatic N) is 2. The maximum atomic E-state index is 12.4. The molecule has 1 aliphatic rings. The van der Waals surface area contributed by atoms with E-state index in [4.69, 9.17) is 10.7 Å². The molecule has 0 saturated heterocycles. The number of hydrogen-bond donors (Lipinski definition) is 3. The number of carbonyl (C=O) groups is 1. The maximum Gasteiger partial charge on any atom is 0.251 e. The number of aryl methyl sites for hydroxylation is 1. The molecular weight excluding hydrogens is 362 g/mol. The lowest BCUT2D eigenvalue weighted by molar-refractivity contribution is 0.0954. The first kappa shape index (κ1) is 19.5. The van der Waals surface area contributed by atoms with Gasteiger partial charge < -0.3 is 16.4 Å². The van der Waals surface area contributed by atoms with Crippen molar-refractivity contribution >= 4 is 17.4 Å².